The molecule has 2 rings (SSSR count). The molecule has 0 radical (unpaired) electrons. The molecule has 0 spiro atoms. The number of rotatable bonds is 1. The van der Waals surface area contributed by atoms with Gasteiger partial charge in [-0.3, -0.25) is 0 Å². The van der Waals surface area contributed by atoms with Gasteiger partial charge in [0.15, 0.2) is 0 Å². The van der Waals surface area contributed by atoms with E-state index in [1.165, 1.54) is 6.20 Å². The Morgan fingerprint density at radius 2 is 1.87 bits per heavy atom. The van der Waals surface area contributed by atoms with Gasteiger partial charge in [0.05, 0.1) is 0 Å². The van der Waals surface area contributed by atoms with E-state index in [1.54, 1.807) is 30.5 Å². The molecule has 0 aliphatic carbocycles. The summed E-state index contributed by atoms with van der Waals surface area (Å²) in [6.45, 7) is 0. The van der Waals surface area contributed by atoms with Crippen molar-refractivity contribution < 1.29 is 5.11 Å². The summed E-state index contributed by atoms with van der Waals surface area (Å²) in [5, 5.41) is 9.12. The summed E-state index contributed by atoms with van der Waals surface area (Å²) in [4.78, 5) is 14.6. The monoisotopic (exact) mass is 220 g/mol. The number of hydrogen-bond acceptors (Lipinski definition) is 4. The molecule has 1 heterocycles. The molecule has 76 valence electrons. The first-order chi connectivity index (χ1) is 7.16. The van der Waals surface area contributed by atoms with Gasteiger partial charge in [-0.2, -0.15) is 0 Å². The highest BCUT2D eigenvalue weighted by molar-refractivity contribution is 7.78. The summed E-state index contributed by atoms with van der Waals surface area (Å²) in [6, 6.07) is 6.63. The van der Waals surface area contributed by atoms with Crippen LogP contribution in [0, 0.1) is 0 Å². The number of thiol groups is 1. The summed E-state index contributed by atoms with van der Waals surface area (Å²) in [5.41, 5.74) is 1.22. The summed E-state index contributed by atoms with van der Waals surface area (Å²) in [6.07, 6.45) is 3.05. The predicted molar refractivity (Wildman–Crippen MR) is 60.0 cm³/mol. The van der Waals surface area contributed by atoms with Crippen molar-refractivity contribution in [2.24, 2.45) is 0 Å². The summed E-state index contributed by atoms with van der Waals surface area (Å²) in [5.74, 6) is 0.200. The van der Waals surface area contributed by atoms with Crippen LogP contribution in [0.2, 0.25) is 0 Å². The smallest absolute Gasteiger partial charge is 0.357 e. The zero-order chi connectivity index (χ0) is 10.8. The van der Waals surface area contributed by atoms with Crippen LogP contribution in [0.4, 0.5) is 0 Å². The van der Waals surface area contributed by atoms with Gasteiger partial charge >= 0.3 is 5.69 Å². The molecule has 0 amide bonds. The molecule has 5 heteroatoms. The Labute approximate surface area is 91.4 Å². The second kappa shape index (κ2) is 3.78. The molecule has 1 aromatic heterocycles. The Hall–Kier alpha value is -1.75. The normalized spacial score (nSPS) is 10.2. The largest absolute Gasteiger partial charge is 0.508 e. The van der Waals surface area contributed by atoms with Crippen molar-refractivity contribution in [3.05, 3.63) is 47.1 Å². The molecule has 0 unspecified atom stereocenters. The molecular formula is C10H8N2O2S. The number of nitrogens with zero attached hydrogens (tertiary/aromatic N) is 2. The number of phenols is 1. The zero-order valence-electron chi connectivity index (χ0n) is 7.66. The maximum absolute atomic E-state index is 11.0. The average molecular weight is 220 g/mol. The van der Waals surface area contributed by atoms with Crippen molar-refractivity contribution in [3.63, 3.8) is 0 Å². The van der Waals surface area contributed by atoms with Crippen LogP contribution in [-0.4, -0.2) is 14.1 Å². The Balaban J connectivity index is 2.50. The summed E-state index contributed by atoms with van der Waals surface area (Å²) >= 11 is 3.93. The number of hydrogen-bond donors (Lipinski definition) is 2. The molecule has 0 bridgehead atoms. The quantitative estimate of drug-likeness (QED) is 0.712. The van der Waals surface area contributed by atoms with Crippen LogP contribution in [0.5, 0.6) is 5.75 Å². The highest BCUT2D eigenvalue weighted by Crippen LogP contribution is 2.20. The van der Waals surface area contributed by atoms with Crippen LogP contribution in [0.15, 0.2) is 41.5 Å². The number of aromatic hydroxyl groups is 1. The fourth-order valence-corrected chi connectivity index (χ4v) is 1.38. The fraction of sp³-hybridized carbons (Fsp3) is 0. The van der Waals surface area contributed by atoms with E-state index < -0.39 is 5.69 Å². The van der Waals surface area contributed by atoms with E-state index in [1.807, 2.05) is 0 Å². The molecule has 2 aromatic rings. The lowest BCUT2D eigenvalue weighted by Crippen LogP contribution is -2.15. The first kappa shape index (κ1) is 9.79. The minimum atomic E-state index is -0.416. The average Bonchev–Trinajstić information content (AvgIpc) is 2.23. The highest BCUT2D eigenvalue weighted by atomic mass is 32.1. The SMILES string of the molecule is O=c1ncc(-c2ccc(O)cc2)cn1S. The third kappa shape index (κ3) is 2.02. The molecule has 0 saturated carbocycles. The molecule has 1 aromatic carbocycles. The van der Waals surface area contributed by atoms with Gasteiger partial charge < -0.3 is 5.11 Å². The van der Waals surface area contributed by atoms with E-state index >= 15 is 0 Å². The lowest BCUT2D eigenvalue weighted by atomic mass is 10.1. The van der Waals surface area contributed by atoms with Gasteiger partial charge in [0.25, 0.3) is 0 Å². The van der Waals surface area contributed by atoms with Crippen LogP contribution in [0.1, 0.15) is 0 Å². The van der Waals surface area contributed by atoms with Crippen molar-refractivity contribution in [1.82, 2.24) is 8.96 Å². The van der Waals surface area contributed by atoms with Gasteiger partial charge in [0, 0.05) is 18.0 Å². The highest BCUT2D eigenvalue weighted by Gasteiger charge is 2.00. The van der Waals surface area contributed by atoms with Crippen LogP contribution >= 0.6 is 12.8 Å². The van der Waals surface area contributed by atoms with Gasteiger partial charge in [-0.25, -0.2) is 13.8 Å². The van der Waals surface area contributed by atoms with Crippen molar-refractivity contribution in [1.29, 1.82) is 0 Å². The van der Waals surface area contributed by atoms with Crippen LogP contribution in [-0.2, 0) is 0 Å². The van der Waals surface area contributed by atoms with Gasteiger partial charge in [-0.05, 0) is 17.7 Å². The van der Waals surface area contributed by atoms with Gasteiger partial charge in [0.2, 0.25) is 0 Å². The minimum absolute atomic E-state index is 0.200. The lowest BCUT2D eigenvalue weighted by Gasteiger charge is -2.02. The Morgan fingerprint density at radius 3 is 2.47 bits per heavy atom. The van der Waals surface area contributed by atoms with E-state index in [0.717, 1.165) is 15.1 Å². The number of aromatic nitrogens is 2. The zero-order valence-corrected chi connectivity index (χ0v) is 8.56. The summed E-state index contributed by atoms with van der Waals surface area (Å²) < 4.78 is 1.11. The number of phenolic OH excluding ortho intramolecular Hbond substituents is 1. The van der Waals surface area contributed by atoms with Crippen LogP contribution in [0.25, 0.3) is 11.1 Å². The second-order valence-electron chi connectivity index (χ2n) is 3.02. The minimum Gasteiger partial charge on any atom is -0.508 e. The van der Waals surface area contributed by atoms with E-state index in [9.17, 15) is 4.79 Å². The van der Waals surface area contributed by atoms with Gasteiger partial charge in [-0.15, -0.1) is 0 Å². The van der Waals surface area contributed by atoms with Crippen molar-refractivity contribution in [2.45, 2.75) is 0 Å². The first-order valence-corrected chi connectivity index (χ1v) is 4.64. The molecule has 0 fully saturated rings. The van der Waals surface area contributed by atoms with Gasteiger partial charge in [-0.1, -0.05) is 24.9 Å². The molecule has 1 N–H and O–H groups in total. The fourth-order valence-electron chi connectivity index (χ4n) is 1.21. The van der Waals surface area contributed by atoms with Crippen LogP contribution in [0.3, 0.4) is 0 Å². The van der Waals surface area contributed by atoms with Crippen LogP contribution < -0.4 is 5.69 Å². The van der Waals surface area contributed by atoms with Crippen molar-refractivity contribution in [3.8, 4) is 16.9 Å². The van der Waals surface area contributed by atoms with Gasteiger partial charge in [0.1, 0.15) is 5.75 Å². The maximum atomic E-state index is 11.0. The molecule has 0 saturated heterocycles. The van der Waals surface area contributed by atoms with Crippen molar-refractivity contribution >= 4 is 12.8 Å². The predicted octanol–water partition coefficient (Wildman–Crippen LogP) is 1.31. The third-order valence-electron chi connectivity index (χ3n) is 1.97. The van der Waals surface area contributed by atoms with E-state index in [-0.39, 0.29) is 5.75 Å². The molecule has 4 nitrogen and oxygen atoms in total. The van der Waals surface area contributed by atoms with E-state index in [2.05, 4.69) is 17.8 Å². The van der Waals surface area contributed by atoms with E-state index in [0.29, 0.717) is 0 Å². The number of benzene rings is 1. The third-order valence-corrected chi connectivity index (χ3v) is 2.26. The summed E-state index contributed by atoms with van der Waals surface area (Å²) in [7, 11) is 0. The Kier molecular flexibility index (Phi) is 2.47. The Morgan fingerprint density at radius 1 is 1.20 bits per heavy atom. The maximum Gasteiger partial charge on any atom is 0.357 e. The lowest BCUT2D eigenvalue weighted by molar-refractivity contribution is 0.475. The standard InChI is InChI=1S/C10H8N2O2S/c13-9-3-1-7(2-4-9)8-5-11-10(14)12(15)6-8/h1-6,13,15H. The molecule has 0 aliphatic heterocycles. The first-order valence-electron chi connectivity index (χ1n) is 4.24. The Bertz CT molecular complexity index is 534. The van der Waals surface area contributed by atoms with E-state index in [4.69, 9.17) is 5.11 Å². The molecule has 15 heavy (non-hydrogen) atoms. The molecular weight excluding hydrogens is 212 g/mol. The molecule has 0 atom stereocenters. The van der Waals surface area contributed by atoms with Crippen molar-refractivity contribution in [2.75, 3.05) is 0 Å². The molecule has 0 aliphatic rings. The second-order valence-corrected chi connectivity index (χ2v) is 3.45. The topological polar surface area (TPSA) is 55.1 Å².